The summed E-state index contributed by atoms with van der Waals surface area (Å²) in [5.74, 6) is 0. The normalized spacial score (nSPS) is 17.8. The minimum atomic E-state index is -4.30. The Morgan fingerprint density at radius 2 is 1.76 bits per heavy atom. The molecule has 3 aliphatic rings. The Labute approximate surface area is 238 Å². The number of hydrogen-bond donors (Lipinski definition) is 2. The van der Waals surface area contributed by atoms with Crippen molar-refractivity contribution in [3.63, 3.8) is 0 Å². The van der Waals surface area contributed by atoms with Crippen molar-refractivity contribution >= 4 is 57.2 Å². The summed E-state index contributed by atoms with van der Waals surface area (Å²) in [5.41, 5.74) is 5.78. The van der Waals surface area contributed by atoms with Crippen LogP contribution in [0.1, 0.15) is 47.9 Å². The maximum absolute atomic E-state index is 13.6. The number of fused-ring (bicyclic) bond motifs is 2. The predicted molar refractivity (Wildman–Crippen MR) is 140 cm³/mol. The Kier molecular flexibility index (Phi) is 8.84. The summed E-state index contributed by atoms with van der Waals surface area (Å²) in [5, 5.41) is 6.97. The van der Waals surface area contributed by atoms with Gasteiger partial charge in [0, 0.05) is 38.1 Å². The van der Waals surface area contributed by atoms with E-state index in [2.05, 4.69) is 21.2 Å². The van der Waals surface area contributed by atoms with Gasteiger partial charge in [-0.25, -0.2) is 22.6 Å². The quantitative estimate of drug-likeness (QED) is 0.520. The Bertz CT molecular complexity index is 1220. The van der Waals surface area contributed by atoms with E-state index in [9.17, 15) is 22.0 Å². The van der Waals surface area contributed by atoms with Crippen molar-refractivity contribution in [2.75, 3.05) is 29.3 Å². The topological polar surface area (TPSA) is 99.6 Å². The zero-order valence-electron chi connectivity index (χ0n) is 20.3. The number of hydrogen-bond acceptors (Lipinski definition) is 5. The molecule has 2 amide bonds. The van der Waals surface area contributed by atoms with Gasteiger partial charge in [-0.3, -0.25) is 9.58 Å². The fraction of sp³-hybridized carbons (Fsp3) is 0.583. The van der Waals surface area contributed by atoms with Gasteiger partial charge in [-0.15, -0.1) is 0 Å². The Balaban J connectivity index is 0.00000320. The molecule has 198 valence electrons. The molecule has 9 nitrogen and oxygen atoms in total. The third-order valence-electron chi connectivity index (χ3n) is 7.42. The molecule has 1 aliphatic heterocycles. The first kappa shape index (κ1) is 28.3. The number of aromatic nitrogens is 2. The van der Waals surface area contributed by atoms with E-state index in [1.807, 2.05) is 0 Å². The number of amides is 2. The Morgan fingerprint density at radius 1 is 1.14 bits per heavy atom. The summed E-state index contributed by atoms with van der Waals surface area (Å²) in [6.45, 7) is 0.351. The van der Waals surface area contributed by atoms with Crippen LogP contribution in [0.3, 0.4) is 0 Å². The first-order valence-electron chi connectivity index (χ1n) is 12.5. The van der Waals surface area contributed by atoms with Crippen LogP contribution in [0.2, 0.25) is 0 Å². The number of benzene rings is 1. The molecular formula is C24H33F2N6NaO3S. The molecule has 0 radical (unpaired) electrons. The van der Waals surface area contributed by atoms with Gasteiger partial charge in [0.1, 0.15) is 0 Å². The van der Waals surface area contributed by atoms with Crippen LogP contribution >= 0.6 is 0 Å². The number of nitrogens with zero attached hydrogens (tertiary/aromatic N) is 4. The first-order chi connectivity index (χ1) is 17.2. The molecule has 1 fully saturated rings. The van der Waals surface area contributed by atoms with Gasteiger partial charge in [-0.05, 0) is 73.6 Å². The molecule has 37 heavy (non-hydrogen) atoms. The van der Waals surface area contributed by atoms with E-state index in [4.69, 9.17) is 0 Å². The van der Waals surface area contributed by atoms with Crippen molar-refractivity contribution in [1.82, 2.24) is 19.4 Å². The molecule has 2 aromatic rings. The van der Waals surface area contributed by atoms with Crippen molar-refractivity contribution in [1.29, 1.82) is 0 Å². The van der Waals surface area contributed by atoms with Crippen LogP contribution in [0.4, 0.5) is 25.0 Å². The number of urea groups is 1. The molecule has 0 spiro atoms. The molecule has 0 bridgehead atoms. The fourth-order valence-corrected chi connectivity index (χ4v) is 7.23. The summed E-state index contributed by atoms with van der Waals surface area (Å²) in [6, 6.07) is 0.960. The van der Waals surface area contributed by atoms with Crippen molar-refractivity contribution in [3.05, 3.63) is 40.7 Å². The van der Waals surface area contributed by atoms with E-state index >= 15 is 0 Å². The SMILES string of the molecule is Cn1cc(N(C2CCN(CC(F)F)CC2)S(=O)(=O)NC(=O)Nc2c3c(cc4c2CCC4)CCC3)cn1.[NaH]. The average molecular weight is 547 g/mol. The number of carbonyl (C=O) groups is 1. The summed E-state index contributed by atoms with van der Waals surface area (Å²) in [7, 11) is -2.62. The molecule has 1 saturated heterocycles. The van der Waals surface area contributed by atoms with Crippen LogP contribution in [0, 0.1) is 0 Å². The van der Waals surface area contributed by atoms with Crippen molar-refractivity contribution in [2.45, 2.75) is 63.8 Å². The number of nitrogens with one attached hydrogen (secondary N) is 2. The number of carbonyl (C=O) groups excluding carboxylic acids is 1. The molecule has 1 aromatic heterocycles. The first-order valence-corrected chi connectivity index (χ1v) is 13.9. The molecule has 0 atom stereocenters. The maximum atomic E-state index is 13.6. The van der Waals surface area contributed by atoms with Crippen molar-refractivity contribution in [3.8, 4) is 0 Å². The van der Waals surface area contributed by atoms with Gasteiger partial charge >= 0.3 is 45.8 Å². The van der Waals surface area contributed by atoms with E-state index in [1.54, 1.807) is 18.1 Å². The van der Waals surface area contributed by atoms with E-state index in [1.165, 1.54) is 26.3 Å². The third-order valence-corrected chi connectivity index (χ3v) is 8.89. The van der Waals surface area contributed by atoms with Crippen LogP contribution in [0.5, 0.6) is 0 Å². The summed E-state index contributed by atoms with van der Waals surface area (Å²) in [4.78, 5) is 14.7. The standard InChI is InChI=1S/C24H32F2N6O3S.Na.H/c1-30-14-19(13-27-30)32(18-8-10-31(11-9-18)15-22(25)26)36(34,35)29-24(33)28-23-20-6-2-4-16(20)12-17-5-3-7-21(17)23;;/h12-14,18,22H,2-11,15H2,1H3,(H2,28,29,33);;. The van der Waals surface area contributed by atoms with Gasteiger partial charge in [0.15, 0.2) is 0 Å². The van der Waals surface area contributed by atoms with Crippen molar-refractivity contribution < 1.29 is 22.0 Å². The van der Waals surface area contributed by atoms with Crippen LogP contribution in [0.25, 0.3) is 0 Å². The molecule has 1 aromatic carbocycles. The molecule has 0 saturated carbocycles. The monoisotopic (exact) mass is 546 g/mol. The Hall–Kier alpha value is -1.73. The van der Waals surface area contributed by atoms with Gasteiger partial charge in [0.05, 0.1) is 18.4 Å². The van der Waals surface area contributed by atoms with Gasteiger partial charge < -0.3 is 5.32 Å². The van der Waals surface area contributed by atoms with Crippen LogP contribution < -0.4 is 14.3 Å². The Morgan fingerprint density at radius 3 is 2.30 bits per heavy atom. The van der Waals surface area contributed by atoms with E-state index in [0.717, 1.165) is 55.3 Å². The van der Waals surface area contributed by atoms with Crippen molar-refractivity contribution in [2.24, 2.45) is 7.05 Å². The number of rotatable bonds is 7. The van der Waals surface area contributed by atoms with Gasteiger partial charge in [-0.1, -0.05) is 6.07 Å². The molecule has 2 N–H and O–H groups in total. The van der Waals surface area contributed by atoms with E-state index in [0.29, 0.717) is 31.6 Å². The number of alkyl halides is 2. The number of piperidine rings is 1. The second kappa shape index (κ2) is 11.6. The second-order valence-electron chi connectivity index (χ2n) is 9.89. The number of likely N-dealkylation sites (tertiary alicyclic amines) is 1. The number of aryl methyl sites for hydroxylation is 3. The van der Waals surface area contributed by atoms with Crippen LogP contribution in [-0.2, 0) is 42.9 Å². The summed E-state index contributed by atoms with van der Waals surface area (Å²) in [6.07, 6.45) is 7.00. The summed E-state index contributed by atoms with van der Waals surface area (Å²) >= 11 is 0. The van der Waals surface area contributed by atoms with Crippen LogP contribution in [0.15, 0.2) is 18.5 Å². The van der Waals surface area contributed by atoms with Gasteiger partial charge in [-0.2, -0.15) is 13.5 Å². The van der Waals surface area contributed by atoms with E-state index in [-0.39, 0.29) is 36.1 Å². The molecule has 5 rings (SSSR count). The van der Waals surface area contributed by atoms with Gasteiger partial charge in [0.25, 0.3) is 6.43 Å². The zero-order chi connectivity index (χ0) is 25.4. The third kappa shape index (κ3) is 6.13. The van der Waals surface area contributed by atoms with E-state index < -0.39 is 28.7 Å². The van der Waals surface area contributed by atoms with Crippen LogP contribution in [-0.4, -0.2) is 90.8 Å². The molecular weight excluding hydrogens is 513 g/mol. The fourth-order valence-electron chi connectivity index (χ4n) is 5.87. The molecule has 13 heteroatoms. The number of anilines is 2. The number of halogens is 2. The molecule has 0 unspecified atom stereocenters. The van der Waals surface area contributed by atoms with Gasteiger partial charge in [0.2, 0.25) is 0 Å². The minimum absolute atomic E-state index is 0. The predicted octanol–water partition coefficient (Wildman–Crippen LogP) is 2.35. The second-order valence-corrected chi connectivity index (χ2v) is 11.4. The molecule has 2 heterocycles. The summed E-state index contributed by atoms with van der Waals surface area (Å²) < 4.78 is 57.6. The molecule has 2 aliphatic carbocycles. The average Bonchev–Trinajstić information content (AvgIpc) is 3.55. The zero-order valence-corrected chi connectivity index (χ0v) is 21.2.